The molecule has 238 valence electrons. The van der Waals surface area contributed by atoms with Crippen LogP contribution in [0.25, 0.3) is 0 Å². The maximum absolute atomic E-state index is 11.8. The van der Waals surface area contributed by atoms with E-state index in [2.05, 4.69) is 51.7 Å². The Kier molecular flexibility index (Phi) is 21.0. The summed E-state index contributed by atoms with van der Waals surface area (Å²) < 4.78 is 0. The molecule has 0 bridgehead atoms. The summed E-state index contributed by atoms with van der Waals surface area (Å²) in [6.45, 7) is 30.7. The molecule has 0 saturated heterocycles. The molecule has 5 heteroatoms. The van der Waals surface area contributed by atoms with Gasteiger partial charge in [0, 0.05) is 22.2 Å². The van der Waals surface area contributed by atoms with E-state index in [1.165, 1.54) is 6.08 Å². The second kappa shape index (κ2) is 19.9. The van der Waals surface area contributed by atoms with E-state index in [0.29, 0.717) is 11.7 Å². The smallest absolute Gasteiger partial charge is 0.160 e. The fraction of sp³-hybridized carbons (Fsp3) is 0.722. The normalized spacial score (nSPS) is 19.2. The topological polar surface area (TPSA) is 88.5 Å². The van der Waals surface area contributed by atoms with Crippen LogP contribution in [-0.2, 0) is 19.2 Å². The number of allylic oxidation sites excluding steroid dienone is 5. The van der Waals surface area contributed by atoms with Crippen molar-refractivity contribution in [3.05, 3.63) is 37.0 Å². The van der Waals surface area contributed by atoms with E-state index < -0.39 is 0 Å². The Bertz CT molecular complexity index is 835. The average Bonchev–Trinajstić information content (AvgIpc) is 2.88. The Morgan fingerprint density at radius 2 is 1.15 bits per heavy atom. The van der Waals surface area contributed by atoms with Crippen molar-refractivity contribution in [3.63, 3.8) is 0 Å². The van der Waals surface area contributed by atoms with Gasteiger partial charge in [0.05, 0.1) is 6.10 Å². The fourth-order valence-corrected chi connectivity index (χ4v) is 3.76. The predicted molar refractivity (Wildman–Crippen MR) is 175 cm³/mol. The Balaban J connectivity index is -0.000000472. The third kappa shape index (κ3) is 21.3. The quantitative estimate of drug-likeness (QED) is 0.268. The summed E-state index contributed by atoms with van der Waals surface area (Å²) in [5, 5.41) is 9.98. The number of aliphatic hydroxyl groups is 1. The van der Waals surface area contributed by atoms with Crippen molar-refractivity contribution in [3.8, 4) is 0 Å². The second-order valence-electron chi connectivity index (χ2n) is 15.1. The highest BCUT2D eigenvalue weighted by atomic mass is 16.3. The molecule has 0 heterocycles. The predicted octanol–water partition coefficient (Wildman–Crippen LogP) is 8.93. The molecule has 2 aliphatic carbocycles. The molecule has 0 aromatic heterocycles. The van der Waals surface area contributed by atoms with Crippen molar-refractivity contribution >= 4 is 24.1 Å². The fourth-order valence-electron chi connectivity index (χ4n) is 3.76. The second-order valence-corrected chi connectivity index (χ2v) is 15.1. The summed E-state index contributed by atoms with van der Waals surface area (Å²) >= 11 is 0. The van der Waals surface area contributed by atoms with Crippen LogP contribution in [0.5, 0.6) is 0 Å². The van der Waals surface area contributed by atoms with Gasteiger partial charge in [-0.1, -0.05) is 114 Å². The highest BCUT2D eigenvalue weighted by Gasteiger charge is 2.30. The van der Waals surface area contributed by atoms with Crippen LogP contribution in [0, 0.1) is 33.5 Å². The standard InChI is InChI=1S/C11H20O.C11H18O.C7H12O.C6H12O.CH2O/c2*1-11(2,3)10(12)9-7-5-4-6-8-9;1-5-6(8)7(2,3)4;1-5(7)6(2,3)4;1-2/h4-5,9-10,12H,6-8H2,1-3H3;4-5,9H,6-8H2,1-3H3;5H,1H2,2-4H3;1-4H3;1H2. The van der Waals surface area contributed by atoms with Gasteiger partial charge in [0.2, 0.25) is 0 Å². The summed E-state index contributed by atoms with van der Waals surface area (Å²) in [5.41, 5.74) is -0.507. The van der Waals surface area contributed by atoms with Crippen molar-refractivity contribution in [2.75, 3.05) is 0 Å². The first kappa shape index (κ1) is 43.3. The number of rotatable bonds is 3. The van der Waals surface area contributed by atoms with Crippen LogP contribution >= 0.6 is 0 Å². The van der Waals surface area contributed by atoms with Gasteiger partial charge in [0.25, 0.3) is 0 Å². The Morgan fingerprint density at radius 3 is 1.37 bits per heavy atom. The molecule has 2 rings (SSSR count). The van der Waals surface area contributed by atoms with E-state index in [-0.39, 0.29) is 45.2 Å². The van der Waals surface area contributed by atoms with Gasteiger partial charge in [0.15, 0.2) is 5.78 Å². The summed E-state index contributed by atoms with van der Waals surface area (Å²) in [6.07, 6.45) is 16.3. The molecule has 0 aromatic rings. The first-order valence-corrected chi connectivity index (χ1v) is 14.9. The lowest BCUT2D eigenvalue weighted by atomic mass is 9.77. The molecule has 0 amide bonds. The number of aliphatic hydroxyl groups excluding tert-OH is 1. The SMILES string of the molecule is C=CC(=O)C(C)(C)C.C=O.CC(=O)C(C)(C)C.CC(C)(C)C(=O)C1CC=CCC1.CC(C)(C)C(O)C1CC=CCC1. The van der Waals surface area contributed by atoms with Crippen LogP contribution in [-0.4, -0.2) is 35.3 Å². The molecule has 3 atom stereocenters. The average molecular weight is 577 g/mol. The van der Waals surface area contributed by atoms with Gasteiger partial charge in [0.1, 0.15) is 18.4 Å². The molecule has 0 radical (unpaired) electrons. The first-order chi connectivity index (χ1) is 18.5. The van der Waals surface area contributed by atoms with E-state index in [0.717, 1.165) is 38.5 Å². The van der Waals surface area contributed by atoms with Crippen LogP contribution in [0.3, 0.4) is 0 Å². The number of hydrogen-bond acceptors (Lipinski definition) is 5. The van der Waals surface area contributed by atoms with E-state index in [9.17, 15) is 19.5 Å². The summed E-state index contributed by atoms with van der Waals surface area (Å²) in [5.74, 6) is 1.53. The Morgan fingerprint density at radius 1 is 0.732 bits per heavy atom. The minimum atomic E-state index is -0.248. The molecule has 0 spiro atoms. The molecule has 3 unspecified atom stereocenters. The van der Waals surface area contributed by atoms with Gasteiger partial charge in [-0.3, -0.25) is 14.4 Å². The Labute approximate surface area is 253 Å². The van der Waals surface area contributed by atoms with E-state index in [1.54, 1.807) is 6.92 Å². The number of ketones is 3. The summed E-state index contributed by atoms with van der Waals surface area (Å²) in [4.78, 5) is 41.0. The zero-order chi connectivity index (χ0) is 33.2. The third-order valence-corrected chi connectivity index (χ3v) is 7.00. The number of hydrogen-bond donors (Lipinski definition) is 1. The van der Waals surface area contributed by atoms with Crippen molar-refractivity contribution in [2.45, 2.75) is 135 Å². The third-order valence-electron chi connectivity index (χ3n) is 7.00. The number of Topliss-reactive ketones (excluding diaryl/α,β-unsaturated/α-hetero) is 2. The Hall–Kier alpha value is -2.14. The summed E-state index contributed by atoms with van der Waals surface area (Å²) in [7, 11) is 0. The molecule has 0 fully saturated rings. The minimum Gasteiger partial charge on any atom is -0.392 e. The highest BCUT2D eigenvalue weighted by Crippen LogP contribution is 2.32. The number of carbonyl (C=O) groups excluding carboxylic acids is 4. The lowest BCUT2D eigenvalue weighted by molar-refractivity contribution is -0.130. The lowest BCUT2D eigenvalue weighted by Gasteiger charge is -2.33. The van der Waals surface area contributed by atoms with Gasteiger partial charge in [-0.25, -0.2) is 0 Å². The van der Waals surface area contributed by atoms with Crippen LogP contribution in [0.1, 0.15) is 129 Å². The first-order valence-electron chi connectivity index (χ1n) is 14.9. The molecule has 2 aliphatic rings. The maximum Gasteiger partial charge on any atom is 0.160 e. The molecule has 5 nitrogen and oxygen atoms in total. The van der Waals surface area contributed by atoms with Gasteiger partial charge < -0.3 is 9.90 Å². The molecule has 0 aromatic carbocycles. The zero-order valence-corrected chi connectivity index (χ0v) is 28.9. The van der Waals surface area contributed by atoms with Gasteiger partial charge in [-0.2, -0.15) is 0 Å². The number of carbonyl (C=O) groups is 4. The van der Waals surface area contributed by atoms with Crippen LogP contribution in [0.15, 0.2) is 37.0 Å². The molecular formula is C36H64O5. The lowest BCUT2D eigenvalue weighted by Crippen LogP contribution is -2.34. The van der Waals surface area contributed by atoms with E-state index >= 15 is 0 Å². The molecule has 0 saturated carbocycles. The summed E-state index contributed by atoms with van der Waals surface area (Å²) in [6, 6.07) is 0. The molecule has 1 N–H and O–H groups in total. The van der Waals surface area contributed by atoms with E-state index in [1.807, 2.05) is 69.1 Å². The van der Waals surface area contributed by atoms with Crippen LogP contribution in [0.4, 0.5) is 0 Å². The molecular weight excluding hydrogens is 512 g/mol. The van der Waals surface area contributed by atoms with Gasteiger partial charge in [-0.05, 0) is 62.9 Å². The van der Waals surface area contributed by atoms with Gasteiger partial charge >= 0.3 is 0 Å². The van der Waals surface area contributed by atoms with Crippen molar-refractivity contribution < 1.29 is 24.3 Å². The molecule has 0 aliphatic heterocycles. The largest absolute Gasteiger partial charge is 0.392 e. The van der Waals surface area contributed by atoms with Crippen molar-refractivity contribution in [1.29, 1.82) is 0 Å². The van der Waals surface area contributed by atoms with Crippen molar-refractivity contribution in [1.82, 2.24) is 0 Å². The highest BCUT2D eigenvalue weighted by molar-refractivity contribution is 5.93. The van der Waals surface area contributed by atoms with Gasteiger partial charge in [-0.15, -0.1) is 0 Å². The minimum absolute atomic E-state index is 0.0375. The van der Waals surface area contributed by atoms with Crippen LogP contribution < -0.4 is 0 Å². The molecule has 41 heavy (non-hydrogen) atoms. The van der Waals surface area contributed by atoms with E-state index in [4.69, 9.17) is 4.79 Å². The van der Waals surface area contributed by atoms with Crippen molar-refractivity contribution in [2.24, 2.45) is 33.5 Å². The monoisotopic (exact) mass is 576 g/mol. The zero-order valence-electron chi connectivity index (χ0n) is 28.9. The van der Waals surface area contributed by atoms with Crippen LogP contribution in [0.2, 0.25) is 0 Å². The maximum atomic E-state index is 11.8.